The lowest BCUT2D eigenvalue weighted by Crippen LogP contribution is -2.47. The maximum atomic E-state index is 13.6. The Morgan fingerprint density at radius 3 is 2.42 bits per heavy atom. The summed E-state index contributed by atoms with van der Waals surface area (Å²) in [6.45, 7) is 5.58. The second kappa shape index (κ2) is 10.8. The van der Waals surface area contributed by atoms with E-state index in [0.717, 1.165) is 17.5 Å². The van der Waals surface area contributed by atoms with Crippen LogP contribution in [0.25, 0.3) is 0 Å². The van der Waals surface area contributed by atoms with Crippen molar-refractivity contribution >= 4 is 23.2 Å². The minimum Gasteiger partial charge on any atom is -0.333 e. The minimum absolute atomic E-state index is 0.0226. The molecule has 0 radical (unpaired) electrons. The number of fused-ring (bicyclic) bond motifs is 1. The van der Waals surface area contributed by atoms with Crippen molar-refractivity contribution in [1.82, 2.24) is 9.80 Å². The summed E-state index contributed by atoms with van der Waals surface area (Å²) >= 11 is 1.77. The molecule has 0 saturated heterocycles. The van der Waals surface area contributed by atoms with Gasteiger partial charge in [-0.2, -0.15) is 0 Å². The molecular formula is C28H32N2O2S. The van der Waals surface area contributed by atoms with Crippen molar-refractivity contribution < 1.29 is 9.59 Å². The zero-order chi connectivity index (χ0) is 23.2. The van der Waals surface area contributed by atoms with E-state index in [1.54, 1.807) is 16.2 Å². The van der Waals surface area contributed by atoms with E-state index in [4.69, 9.17) is 0 Å². The molecule has 5 heteroatoms. The van der Waals surface area contributed by atoms with E-state index in [0.29, 0.717) is 31.8 Å². The van der Waals surface area contributed by atoms with Crippen LogP contribution in [0.15, 0.2) is 72.1 Å². The summed E-state index contributed by atoms with van der Waals surface area (Å²) in [5.74, 6) is 0.369. The number of rotatable bonds is 8. The lowest BCUT2D eigenvalue weighted by atomic mass is 9.93. The number of nitrogens with zero attached hydrogens (tertiary/aromatic N) is 2. The fourth-order valence-corrected chi connectivity index (χ4v) is 5.49. The fourth-order valence-electron chi connectivity index (χ4n) is 4.58. The van der Waals surface area contributed by atoms with E-state index in [9.17, 15) is 9.59 Å². The molecule has 4 rings (SSSR count). The highest BCUT2D eigenvalue weighted by Gasteiger charge is 2.33. The molecule has 172 valence electrons. The molecule has 3 aromatic rings. The summed E-state index contributed by atoms with van der Waals surface area (Å²) in [5.41, 5.74) is 3.49. The van der Waals surface area contributed by atoms with Gasteiger partial charge < -0.3 is 9.80 Å². The highest BCUT2D eigenvalue weighted by atomic mass is 32.1. The third-order valence-electron chi connectivity index (χ3n) is 6.14. The van der Waals surface area contributed by atoms with Gasteiger partial charge in [-0.05, 0) is 46.9 Å². The van der Waals surface area contributed by atoms with Crippen LogP contribution in [0, 0.1) is 5.92 Å². The fraction of sp³-hybridized carbons (Fsp3) is 0.357. The van der Waals surface area contributed by atoms with E-state index in [1.807, 2.05) is 53.4 Å². The van der Waals surface area contributed by atoms with Crippen molar-refractivity contribution in [2.24, 2.45) is 5.92 Å². The highest BCUT2D eigenvalue weighted by Crippen LogP contribution is 2.37. The van der Waals surface area contributed by atoms with E-state index >= 15 is 0 Å². The SMILES string of the molecule is CC(C)CN(CC(=O)N1CCc2sccc2C1c1ccccc1)C(=O)CCc1ccccc1. The molecule has 1 aliphatic rings. The number of aryl methyl sites for hydroxylation is 1. The van der Waals surface area contributed by atoms with Crippen molar-refractivity contribution in [2.75, 3.05) is 19.6 Å². The number of benzene rings is 2. The van der Waals surface area contributed by atoms with Crippen LogP contribution in [0.4, 0.5) is 0 Å². The molecule has 2 aromatic carbocycles. The van der Waals surface area contributed by atoms with Gasteiger partial charge in [-0.25, -0.2) is 0 Å². The molecule has 1 atom stereocenters. The molecule has 2 amide bonds. The molecule has 1 aliphatic heterocycles. The summed E-state index contributed by atoms with van der Waals surface area (Å²) in [6, 6.07) is 22.4. The summed E-state index contributed by atoms with van der Waals surface area (Å²) in [6.07, 6.45) is 1.98. The Morgan fingerprint density at radius 1 is 1.03 bits per heavy atom. The molecular weight excluding hydrogens is 428 g/mol. The molecule has 2 heterocycles. The summed E-state index contributed by atoms with van der Waals surface area (Å²) in [4.78, 5) is 31.8. The second-order valence-corrected chi connectivity index (χ2v) is 10.1. The van der Waals surface area contributed by atoms with Gasteiger partial charge in [0.25, 0.3) is 0 Å². The molecule has 1 unspecified atom stereocenters. The van der Waals surface area contributed by atoms with Gasteiger partial charge in [0.2, 0.25) is 11.8 Å². The van der Waals surface area contributed by atoms with Crippen molar-refractivity contribution in [3.8, 4) is 0 Å². The first-order valence-electron chi connectivity index (χ1n) is 11.8. The van der Waals surface area contributed by atoms with Gasteiger partial charge in [0.05, 0.1) is 12.6 Å². The molecule has 0 bridgehead atoms. The van der Waals surface area contributed by atoms with Gasteiger partial charge in [0.15, 0.2) is 0 Å². The Labute approximate surface area is 200 Å². The minimum atomic E-state index is -0.0889. The first kappa shape index (κ1) is 23.2. The lowest BCUT2D eigenvalue weighted by molar-refractivity contribution is -0.142. The Kier molecular flexibility index (Phi) is 7.61. The average molecular weight is 461 g/mol. The number of thiophene rings is 1. The highest BCUT2D eigenvalue weighted by molar-refractivity contribution is 7.10. The van der Waals surface area contributed by atoms with Crippen molar-refractivity contribution in [1.29, 1.82) is 0 Å². The zero-order valence-corrected chi connectivity index (χ0v) is 20.3. The summed E-state index contributed by atoms with van der Waals surface area (Å²) in [5, 5.41) is 2.12. The van der Waals surface area contributed by atoms with Crippen LogP contribution in [0.5, 0.6) is 0 Å². The zero-order valence-electron chi connectivity index (χ0n) is 19.4. The van der Waals surface area contributed by atoms with Crippen LogP contribution >= 0.6 is 11.3 Å². The molecule has 0 saturated carbocycles. The Hall–Kier alpha value is -2.92. The van der Waals surface area contributed by atoms with Gasteiger partial charge in [-0.1, -0.05) is 74.5 Å². The maximum absolute atomic E-state index is 13.6. The van der Waals surface area contributed by atoms with Gasteiger partial charge in [0, 0.05) is 24.4 Å². The van der Waals surface area contributed by atoms with E-state index in [2.05, 4.69) is 37.4 Å². The summed E-state index contributed by atoms with van der Waals surface area (Å²) < 4.78 is 0. The third kappa shape index (κ3) is 5.72. The lowest BCUT2D eigenvalue weighted by Gasteiger charge is -2.38. The van der Waals surface area contributed by atoms with Crippen molar-refractivity contribution in [3.05, 3.63) is 93.7 Å². The molecule has 0 aliphatic carbocycles. The molecule has 0 spiro atoms. The van der Waals surface area contributed by atoms with Crippen LogP contribution in [-0.4, -0.2) is 41.2 Å². The Bertz CT molecular complexity index is 1060. The molecule has 33 heavy (non-hydrogen) atoms. The molecule has 0 N–H and O–H groups in total. The Balaban J connectivity index is 1.51. The number of hydrogen-bond acceptors (Lipinski definition) is 3. The standard InChI is InChI=1S/C28H32N2O2S/c1-21(2)19-29(26(31)14-13-22-9-5-3-6-10-22)20-27(32)30-17-15-25-24(16-18-33-25)28(30)23-11-7-4-8-12-23/h3-12,16,18,21,28H,13-15,17,19-20H2,1-2H3. The molecule has 1 aromatic heterocycles. The van der Waals surface area contributed by atoms with Crippen LogP contribution in [0.1, 0.15) is 47.9 Å². The van der Waals surface area contributed by atoms with Crippen molar-refractivity contribution in [2.45, 2.75) is 39.2 Å². The second-order valence-electron chi connectivity index (χ2n) is 9.10. The van der Waals surface area contributed by atoms with Gasteiger partial charge in [-0.3, -0.25) is 9.59 Å². The van der Waals surface area contributed by atoms with Crippen molar-refractivity contribution in [3.63, 3.8) is 0 Å². The third-order valence-corrected chi connectivity index (χ3v) is 7.13. The predicted octanol–water partition coefficient (Wildman–Crippen LogP) is 5.34. The number of hydrogen-bond donors (Lipinski definition) is 0. The Morgan fingerprint density at radius 2 is 1.73 bits per heavy atom. The number of carbonyl (C=O) groups excluding carboxylic acids is 2. The van der Waals surface area contributed by atoms with Crippen LogP contribution < -0.4 is 0 Å². The average Bonchev–Trinajstić information content (AvgIpc) is 3.31. The van der Waals surface area contributed by atoms with Gasteiger partial charge >= 0.3 is 0 Å². The van der Waals surface area contributed by atoms with Crippen LogP contribution in [0.2, 0.25) is 0 Å². The van der Waals surface area contributed by atoms with E-state index in [-0.39, 0.29) is 24.4 Å². The van der Waals surface area contributed by atoms with Crippen LogP contribution in [0.3, 0.4) is 0 Å². The van der Waals surface area contributed by atoms with E-state index < -0.39 is 0 Å². The predicted molar refractivity (Wildman–Crippen MR) is 134 cm³/mol. The summed E-state index contributed by atoms with van der Waals surface area (Å²) in [7, 11) is 0. The maximum Gasteiger partial charge on any atom is 0.242 e. The quantitative estimate of drug-likeness (QED) is 0.455. The number of carbonyl (C=O) groups is 2. The topological polar surface area (TPSA) is 40.6 Å². The largest absolute Gasteiger partial charge is 0.333 e. The normalized spacial score (nSPS) is 15.4. The van der Waals surface area contributed by atoms with Crippen LogP contribution in [-0.2, 0) is 22.4 Å². The monoisotopic (exact) mass is 460 g/mol. The number of amides is 2. The smallest absolute Gasteiger partial charge is 0.242 e. The molecule has 4 nitrogen and oxygen atoms in total. The van der Waals surface area contributed by atoms with Gasteiger partial charge in [0.1, 0.15) is 0 Å². The molecule has 0 fully saturated rings. The van der Waals surface area contributed by atoms with E-state index in [1.165, 1.54) is 10.4 Å². The van der Waals surface area contributed by atoms with Gasteiger partial charge in [-0.15, -0.1) is 11.3 Å². The first-order chi connectivity index (χ1) is 16.0. The first-order valence-corrected chi connectivity index (χ1v) is 12.6.